The van der Waals surface area contributed by atoms with Crippen molar-refractivity contribution in [3.8, 4) is 0 Å². The van der Waals surface area contributed by atoms with E-state index >= 15 is 0 Å². The van der Waals surface area contributed by atoms with Gasteiger partial charge in [0.1, 0.15) is 0 Å². The minimum Gasteiger partial charge on any atom is -0.391 e. The summed E-state index contributed by atoms with van der Waals surface area (Å²) in [4.78, 5) is 12.3. The Morgan fingerprint density at radius 2 is 1.48 bits per heavy atom. The number of nitrogens with one attached hydrogen (secondary N) is 1. The van der Waals surface area contributed by atoms with E-state index in [9.17, 15) is 9.90 Å². The zero-order valence-corrected chi connectivity index (χ0v) is 12.8. The molecule has 2 unspecified atom stereocenters. The lowest BCUT2D eigenvalue weighted by Gasteiger charge is -2.24. The fourth-order valence-electron chi connectivity index (χ4n) is 3.00. The van der Waals surface area contributed by atoms with Gasteiger partial charge in [0.2, 0.25) is 0 Å². The maximum Gasteiger partial charge on any atom is 0.251 e. The average molecular weight is 289 g/mol. The molecule has 1 aliphatic carbocycles. The Labute approximate surface area is 127 Å². The number of aliphatic hydroxyl groups excluding tert-OH is 1. The average Bonchev–Trinajstić information content (AvgIpc) is 2.56. The first-order chi connectivity index (χ1) is 10.3. The monoisotopic (exact) mass is 289 g/mol. The van der Waals surface area contributed by atoms with Crippen LogP contribution in [0.15, 0.2) is 30.3 Å². The summed E-state index contributed by atoms with van der Waals surface area (Å²) in [5.41, 5.74) is 0.666. The Morgan fingerprint density at radius 3 is 2.14 bits per heavy atom. The summed E-state index contributed by atoms with van der Waals surface area (Å²) in [6, 6.07) is 9.14. The van der Waals surface area contributed by atoms with Crippen LogP contribution in [0.25, 0.3) is 0 Å². The third-order valence-electron chi connectivity index (χ3n) is 4.33. The maximum absolute atomic E-state index is 12.3. The van der Waals surface area contributed by atoms with Crippen molar-refractivity contribution in [2.24, 2.45) is 0 Å². The third kappa shape index (κ3) is 5.50. The number of amides is 1. The van der Waals surface area contributed by atoms with Crippen molar-refractivity contribution in [1.29, 1.82) is 0 Å². The first-order valence-electron chi connectivity index (χ1n) is 8.31. The molecule has 0 heterocycles. The molecule has 2 N–H and O–H groups in total. The van der Waals surface area contributed by atoms with Gasteiger partial charge in [-0.25, -0.2) is 0 Å². The van der Waals surface area contributed by atoms with Crippen LogP contribution in [0.5, 0.6) is 0 Å². The lowest BCUT2D eigenvalue weighted by molar-refractivity contribution is 0.0791. The molecule has 0 saturated heterocycles. The number of rotatable bonds is 2. The number of hydrogen-bond acceptors (Lipinski definition) is 2. The summed E-state index contributed by atoms with van der Waals surface area (Å²) < 4.78 is 0. The Bertz CT molecular complexity index is 418. The maximum atomic E-state index is 12.3. The number of carbonyl (C=O) groups excluding carboxylic acids is 1. The van der Waals surface area contributed by atoms with Crippen LogP contribution in [0, 0.1) is 0 Å². The molecule has 1 aliphatic rings. The zero-order chi connectivity index (χ0) is 14.9. The van der Waals surface area contributed by atoms with Gasteiger partial charge in [0.25, 0.3) is 5.91 Å². The van der Waals surface area contributed by atoms with E-state index in [0.717, 1.165) is 25.7 Å². The molecule has 0 radical (unpaired) electrons. The Balaban J connectivity index is 1.94. The standard InChI is InChI=1S/C18H27NO2/c20-17-14-10-5-3-1-2-4-9-13-16(17)19-18(21)15-11-7-6-8-12-15/h6-8,11-12,16-17,20H,1-5,9-10,13-14H2,(H,19,21). The van der Waals surface area contributed by atoms with Gasteiger partial charge in [0, 0.05) is 5.56 Å². The van der Waals surface area contributed by atoms with Crippen molar-refractivity contribution in [3.63, 3.8) is 0 Å². The van der Waals surface area contributed by atoms with Crippen LogP contribution >= 0.6 is 0 Å². The van der Waals surface area contributed by atoms with Crippen molar-refractivity contribution in [3.05, 3.63) is 35.9 Å². The Kier molecular flexibility index (Phi) is 6.74. The van der Waals surface area contributed by atoms with Crippen LogP contribution in [0.3, 0.4) is 0 Å². The molecule has 3 nitrogen and oxygen atoms in total. The van der Waals surface area contributed by atoms with Crippen LogP contribution in [0.4, 0.5) is 0 Å². The van der Waals surface area contributed by atoms with Gasteiger partial charge in [-0.3, -0.25) is 4.79 Å². The first kappa shape index (κ1) is 16.0. The van der Waals surface area contributed by atoms with Crippen molar-refractivity contribution in [2.75, 3.05) is 0 Å². The predicted octanol–water partition coefficient (Wildman–Crippen LogP) is 3.67. The van der Waals surface area contributed by atoms with E-state index in [0.29, 0.717) is 5.56 Å². The van der Waals surface area contributed by atoms with Crippen LogP contribution < -0.4 is 5.32 Å². The van der Waals surface area contributed by atoms with Gasteiger partial charge in [0.15, 0.2) is 0 Å². The molecule has 0 aromatic heterocycles. The Morgan fingerprint density at radius 1 is 0.905 bits per heavy atom. The largest absolute Gasteiger partial charge is 0.391 e. The molecule has 21 heavy (non-hydrogen) atoms. The third-order valence-corrected chi connectivity index (χ3v) is 4.33. The number of carbonyl (C=O) groups is 1. The van der Waals surface area contributed by atoms with E-state index in [1.54, 1.807) is 0 Å². The van der Waals surface area contributed by atoms with Gasteiger partial charge >= 0.3 is 0 Å². The van der Waals surface area contributed by atoms with Crippen molar-refractivity contribution in [1.82, 2.24) is 5.32 Å². The highest BCUT2D eigenvalue weighted by atomic mass is 16.3. The summed E-state index contributed by atoms with van der Waals surface area (Å²) in [5, 5.41) is 13.4. The van der Waals surface area contributed by atoms with E-state index in [-0.39, 0.29) is 11.9 Å². The summed E-state index contributed by atoms with van der Waals surface area (Å²) >= 11 is 0. The molecule has 0 bridgehead atoms. The molecule has 3 heteroatoms. The molecule has 1 fully saturated rings. The molecule has 1 amide bonds. The second-order valence-corrected chi connectivity index (χ2v) is 6.07. The zero-order valence-electron chi connectivity index (χ0n) is 12.8. The van der Waals surface area contributed by atoms with Gasteiger partial charge in [0.05, 0.1) is 12.1 Å². The Hall–Kier alpha value is -1.35. The molecular formula is C18H27NO2. The van der Waals surface area contributed by atoms with Crippen LogP contribution in [0.2, 0.25) is 0 Å². The molecule has 1 aromatic carbocycles. The van der Waals surface area contributed by atoms with Gasteiger partial charge in [-0.2, -0.15) is 0 Å². The van der Waals surface area contributed by atoms with Gasteiger partial charge in [-0.15, -0.1) is 0 Å². The SMILES string of the molecule is O=C(NC1CCCCCCCCCC1O)c1ccccc1. The van der Waals surface area contributed by atoms with E-state index in [1.165, 1.54) is 32.1 Å². The minimum absolute atomic E-state index is 0.0745. The van der Waals surface area contributed by atoms with Gasteiger partial charge < -0.3 is 10.4 Å². The van der Waals surface area contributed by atoms with E-state index in [4.69, 9.17) is 0 Å². The van der Waals surface area contributed by atoms with E-state index in [2.05, 4.69) is 5.32 Å². The molecule has 0 aliphatic heterocycles. The summed E-state index contributed by atoms with van der Waals surface area (Å²) in [6.07, 6.45) is 9.62. The quantitative estimate of drug-likeness (QED) is 0.872. The van der Waals surface area contributed by atoms with Gasteiger partial charge in [-0.1, -0.05) is 63.1 Å². The van der Waals surface area contributed by atoms with Crippen molar-refractivity contribution in [2.45, 2.75) is 69.9 Å². The normalized spacial score (nSPS) is 24.8. The minimum atomic E-state index is -0.421. The number of benzene rings is 1. The van der Waals surface area contributed by atoms with E-state index < -0.39 is 6.10 Å². The van der Waals surface area contributed by atoms with Crippen molar-refractivity contribution < 1.29 is 9.90 Å². The fourth-order valence-corrected chi connectivity index (χ4v) is 3.00. The topological polar surface area (TPSA) is 49.3 Å². The second-order valence-electron chi connectivity index (χ2n) is 6.07. The molecule has 1 saturated carbocycles. The van der Waals surface area contributed by atoms with Crippen molar-refractivity contribution >= 4 is 5.91 Å². The summed E-state index contributed by atoms with van der Waals surface area (Å²) in [7, 11) is 0. The number of aliphatic hydroxyl groups is 1. The molecule has 1 aromatic rings. The van der Waals surface area contributed by atoms with E-state index in [1.807, 2.05) is 30.3 Å². The molecular weight excluding hydrogens is 262 g/mol. The predicted molar refractivity (Wildman–Crippen MR) is 85.3 cm³/mol. The highest BCUT2D eigenvalue weighted by molar-refractivity contribution is 5.94. The second kappa shape index (κ2) is 8.83. The van der Waals surface area contributed by atoms with Crippen LogP contribution in [-0.2, 0) is 0 Å². The molecule has 116 valence electrons. The van der Waals surface area contributed by atoms with Gasteiger partial charge in [-0.05, 0) is 25.0 Å². The molecule has 2 rings (SSSR count). The van der Waals surface area contributed by atoms with Crippen LogP contribution in [0.1, 0.15) is 68.1 Å². The summed E-state index contributed by atoms with van der Waals surface area (Å²) in [6.45, 7) is 0. The summed E-state index contributed by atoms with van der Waals surface area (Å²) in [5.74, 6) is -0.0745. The smallest absolute Gasteiger partial charge is 0.251 e. The molecule has 2 atom stereocenters. The lowest BCUT2D eigenvalue weighted by Crippen LogP contribution is -2.43. The van der Waals surface area contributed by atoms with Crippen LogP contribution in [-0.4, -0.2) is 23.2 Å². The highest BCUT2D eigenvalue weighted by Crippen LogP contribution is 2.18. The highest BCUT2D eigenvalue weighted by Gasteiger charge is 2.21. The molecule has 0 spiro atoms. The fraction of sp³-hybridized carbons (Fsp3) is 0.611. The number of hydrogen-bond donors (Lipinski definition) is 2. The lowest BCUT2D eigenvalue weighted by atomic mass is 9.99. The first-order valence-corrected chi connectivity index (χ1v) is 8.31.